The summed E-state index contributed by atoms with van der Waals surface area (Å²) in [5, 5.41) is 0. The number of hydrogen-bond acceptors (Lipinski definition) is 2. The fourth-order valence-electron chi connectivity index (χ4n) is 0.312. The summed E-state index contributed by atoms with van der Waals surface area (Å²) in [7, 11) is 0. The molecule has 0 amide bonds. The van der Waals surface area contributed by atoms with E-state index in [1.54, 1.807) is 13.8 Å². The standard InChI is InChI=1S/C8H14O2/c1-6(2)5-10-8(9)7(3)4/h5,7H,1-4H3. The summed E-state index contributed by atoms with van der Waals surface area (Å²) in [5.74, 6) is -0.225. The molecular weight excluding hydrogens is 128 g/mol. The summed E-state index contributed by atoms with van der Waals surface area (Å²) >= 11 is 0. The van der Waals surface area contributed by atoms with Gasteiger partial charge in [-0.05, 0) is 19.4 Å². The first-order valence-electron chi connectivity index (χ1n) is 3.38. The van der Waals surface area contributed by atoms with Crippen LogP contribution in [0.1, 0.15) is 27.7 Å². The van der Waals surface area contributed by atoms with Crippen molar-refractivity contribution in [2.24, 2.45) is 5.92 Å². The molecule has 0 aliphatic rings. The Morgan fingerprint density at radius 2 is 1.90 bits per heavy atom. The van der Waals surface area contributed by atoms with Gasteiger partial charge in [-0.15, -0.1) is 0 Å². The summed E-state index contributed by atoms with van der Waals surface area (Å²) in [6.07, 6.45) is 1.47. The van der Waals surface area contributed by atoms with Gasteiger partial charge >= 0.3 is 5.97 Å². The molecule has 2 nitrogen and oxygen atoms in total. The van der Waals surface area contributed by atoms with Crippen LogP contribution in [0.25, 0.3) is 0 Å². The summed E-state index contributed by atoms with van der Waals surface area (Å²) in [5.41, 5.74) is 0.994. The minimum atomic E-state index is -0.179. The molecule has 0 aromatic carbocycles. The van der Waals surface area contributed by atoms with Crippen LogP contribution >= 0.6 is 0 Å². The van der Waals surface area contributed by atoms with Crippen LogP contribution in [-0.2, 0) is 9.53 Å². The lowest BCUT2D eigenvalue weighted by atomic mass is 10.2. The average molecular weight is 142 g/mol. The maximum atomic E-state index is 10.8. The second kappa shape index (κ2) is 4.09. The van der Waals surface area contributed by atoms with E-state index in [1.165, 1.54) is 6.26 Å². The van der Waals surface area contributed by atoms with E-state index < -0.39 is 0 Å². The van der Waals surface area contributed by atoms with E-state index in [9.17, 15) is 4.79 Å². The van der Waals surface area contributed by atoms with E-state index in [0.717, 1.165) is 5.57 Å². The van der Waals surface area contributed by atoms with Crippen LogP contribution in [0.15, 0.2) is 11.8 Å². The molecule has 58 valence electrons. The smallest absolute Gasteiger partial charge is 0.313 e. The molecule has 0 aliphatic heterocycles. The second-order valence-corrected chi connectivity index (χ2v) is 2.79. The molecule has 0 radical (unpaired) electrons. The zero-order valence-electron chi connectivity index (χ0n) is 6.97. The van der Waals surface area contributed by atoms with E-state index in [1.807, 2.05) is 13.8 Å². The molecule has 0 bridgehead atoms. The van der Waals surface area contributed by atoms with Gasteiger partial charge in [0, 0.05) is 0 Å². The van der Waals surface area contributed by atoms with E-state index >= 15 is 0 Å². The molecule has 0 fully saturated rings. The average Bonchev–Trinajstić information content (AvgIpc) is 1.82. The van der Waals surface area contributed by atoms with Crippen LogP contribution in [0.3, 0.4) is 0 Å². The number of carbonyl (C=O) groups excluding carboxylic acids is 1. The minimum Gasteiger partial charge on any atom is -0.434 e. The van der Waals surface area contributed by atoms with Gasteiger partial charge in [0.1, 0.15) is 0 Å². The van der Waals surface area contributed by atoms with Gasteiger partial charge in [0.15, 0.2) is 0 Å². The summed E-state index contributed by atoms with van der Waals surface area (Å²) in [6, 6.07) is 0. The van der Waals surface area contributed by atoms with Gasteiger partial charge in [-0.1, -0.05) is 13.8 Å². The summed E-state index contributed by atoms with van der Waals surface area (Å²) in [4.78, 5) is 10.8. The van der Waals surface area contributed by atoms with Crippen molar-refractivity contribution in [3.05, 3.63) is 11.8 Å². The molecule has 0 rings (SSSR count). The third-order valence-corrected chi connectivity index (χ3v) is 0.882. The van der Waals surface area contributed by atoms with Crippen LogP contribution < -0.4 is 0 Å². The Morgan fingerprint density at radius 1 is 1.40 bits per heavy atom. The fourth-order valence-corrected chi connectivity index (χ4v) is 0.312. The predicted molar refractivity (Wildman–Crippen MR) is 40.4 cm³/mol. The van der Waals surface area contributed by atoms with E-state index in [4.69, 9.17) is 4.74 Å². The SMILES string of the molecule is CC(C)=COC(=O)C(C)C. The Balaban J connectivity index is 3.71. The van der Waals surface area contributed by atoms with Crippen molar-refractivity contribution in [1.82, 2.24) is 0 Å². The Morgan fingerprint density at radius 3 is 2.20 bits per heavy atom. The molecule has 0 aromatic rings. The third-order valence-electron chi connectivity index (χ3n) is 0.882. The van der Waals surface area contributed by atoms with Gasteiger partial charge < -0.3 is 4.74 Å². The molecule has 0 unspecified atom stereocenters. The lowest BCUT2D eigenvalue weighted by Crippen LogP contribution is -2.07. The van der Waals surface area contributed by atoms with Gasteiger partial charge in [0.2, 0.25) is 0 Å². The first-order chi connectivity index (χ1) is 4.54. The lowest BCUT2D eigenvalue weighted by molar-refractivity contribution is -0.141. The van der Waals surface area contributed by atoms with E-state index in [-0.39, 0.29) is 11.9 Å². The minimum absolute atomic E-state index is 0.0457. The first-order valence-corrected chi connectivity index (χ1v) is 3.38. The molecule has 0 spiro atoms. The summed E-state index contributed by atoms with van der Waals surface area (Å²) < 4.78 is 4.76. The lowest BCUT2D eigenvalue weighted by Gasteiger charge is -2.01. The van der Waals surface area contributed by atoms with Crippen molar-refractivity contribution in [2.45, 2.75) is 27.7 Å². The highest BCUT2D eigenvalue weighted by molar-refractivity contribution is 5.72. The molecule has 0 heterocycles. The molecule has 0 saturated carbocycles. The Labute approximate surface area is 61.9 Å². The largest absolute Gasteiger partial charge is 0.434 e. The van der Waals surface area contributed by atoms with E-state index in [0.29, 0.717) is 0 Å². The zero-order chi connectivity index (χ0) is 8.15. The topological polar surface area (TPSA) is 26.3 Å². The molecule has 0 saturated heterocycles. The maximum absolute atomic E-state index is 10.8. The van der Waals surface area contributed by atoms with Crippen LogP contribution in [0.5, 0.6) is 0 Å². The fraction of sp³-hybridized carbons (Fsp3) is 0.625. The quantitative estimate of drug-likeness (QED) is 0.436. The Bertz CT molecular complexity index is 141. The molecule has 0 N–H and O–H groups in total. The number of ether oxygens (including phenoxy) is 1. The monoisotopic (exact) mass is 142 g/mol. The molecule has 0 aromatic heterocycles. The highest BCUT2D eigenvalue weighted by atomic mass is 16.5. The van der Waals surface area contributed by atoms with Crippen molar-refractivity contribution in [3.63, 3.8) is 0 Å². The second-order valence-electron chi connectivity index (χ2n) is 2.79. The highest BCUT2D eigenvalue weighted by Crippen LogP contribution is 1.98. The summed E-state index contributed by atoms with van der Waals surface area (Å²) in [6.45, 7) is 7.38. The van der Waals surface area contributed by atoms with Crippen LogP contribution in [0, 0.1) is 5.92 Å². The normalized spacial score (nSPS) is 9.30. The Kier molecular flexibility index (Phi) is 3.77. The predicted octanol–water partition coefficient (Wildman–Crippen LogP) is 2.11. The van der Waals surface area contributed by atoms with Gasteiger partial charge in [-0.25, -0.2) is 0 Å². The van der Waals surface area contributed by atoms with Gasteiger partial charge in [-0.3, -0.25) is 4.79 Å². The molecule has 2 heteroatoms. The third kappa shape index (κ3) is 4.13. The van der Waals surface area contributed by atoms with Crippen molar-refractivity contribution in [2.75, 3.05) is 0 Å². The number of hydrogen-bond donors (Lipinski definition) is 0. The van der Waals surface area contributed by atoms with Crippen molar-refractivity contribution >= 4 is 5.97 Å². The molecular formula is C8H14O2. The van der Waals surface area contributed by atoms with Crippen LogP contribution in [0.2, 0.25) is 0 Å². The number of carbonyl (C=O) groups is 1. The Hall–Kier alpha value is -0.790. The molecule has 0 atom stereocenters. The number of rotatable bonds is 2. The number of allylic oxidation sites excluding steroid dienone is 1. The van der Waals surface area contributed by atoms with Crippen molar-refractivity contribution in [1.29, 1.82) is 0 Å². The highest BCUT2D eigenvalue weighted by Gasteiger charge is 2.05. The van der Waals surface area contributed by atoms with Crippen LogP contribution in [-0.4, -0.2) is 5.97 Å². The van der Waals surface area contributed by atoms with Gasteiger partial charge in [0.05, 0.1) is 12.2 Å². The first kappa shape index (κ1) is 9.21. The van der Waals surface area contributed by atoms with E-state index in [2.05, 4.69) is 0 Å². The van der Waals surface area contributed by atoms with Crippen molar-refractivity contribution < 1.29 is 9.53 Å². The van der Waals surface area contributed by atoms with Gasteiger partial charge in [0.25, 0.3) is 0 Å². The maximum Gasteiger partial charge on any atom is 0.313 e. The molecule has 0 aliphatic carbocycles. The van der Waals surface area contributed by atoms with Crippen LogP contribution in [0.4, 0.5) is 0 Å². The van der Waals surface area contributed by atoms with Crippen molar-refractivity contribution in [3.8, 4) is 0 Å². The number of esters is 1. The van der Waals surface area contributed by atoms with Gasteiger partial charge in [-0.2, -0.15) is 0 Å². The zero-order valence-corrected chi connectivity index (χ0v) is 6.97. The molecule has 10 heavy (non-hydrogen) atoms.